The maximum absolute atomic E-state index is 12.0. The number of aliphatic hydroxyl groups excluding tert-OH is 1. The Morgan fingerprint density at radius 3 is 2.59 bits per heavy atom. The molecule has 1 atom stereocenters. The van der Waals surface area contributed by atoms with Gasteiger partial charge in [-0.15, -0.1) is 0 Å². The Balaban J connectivity index is 2.32. The minimum atomic E-state index is -0.286. The zero-order chi connectivity index (χ0) is 12.6. The molecule has 1 heterocycles. The first kappa shape index (κ1) is 12.3. The highest BCUT2D eigenvalue weighted by Crippen LogP contribution is 2.26. The van der Waals surface area contributed by atoms with Gasteiger partial charge in [0.15, 0.2) is 0 Å². The number of nitrogens with zero attached hydrogens (tertiary/aromatic N) is 1. The number of hydrogen-bond donors (Lipinski definition) is 1. The first-order chi connectivity index (χ1) is 8.04. The van der Waals surface area contributed by atoms with E-state index < -0.39 is 0 Å². The molecule has 90 valence electrons. The number of imide groups is 1. The number of halogens is 1. The van der Waals surface area contributed by atoms with Crippen molar-refractivity contribution in [2.24, 2.45) is 5.92 Å². The molecule has 0 saturated carbocycles. The standard InChI is InChI=1S/C12H12BrNO3/c1-7(6-15)5-14-11(16)9-3-2-8(13)4-10(9)12(14)17/h2-4,7,15H,5-6H2,1H3. The zero-order valence-corrected chi connectivity index (χ0v) is 10.9. The van der Waals surface area contributed by atoms with Gasteiger partial charge in [0, 0.05) is 17.6 Å². The molecular formula is C12H12BrNO3. The van der Waals surface area contributed by atoms with Gasteiger partial charge in [-0.05, 0) is 24.1 Å². The van der Waals surface area contributed by atoms with Crippen molar-refractivity contribution >= 4 is 27.7 Å². The van der Waals surface area contributed by atoms with Crippen LogP contribution in [-0.4, -0.2) is 35.0 Å². The van der Waals surface area contributed by atoms with Gasteiger partial charge in [0.2, 0.25) is 0 Å². The topological polar surface area (TPSA) is 57.6 Å². The van der Waals surface area contributed by atoms with Crippen LogP contribution in [0.5, 0.6) is 0 Å². The molecule has 0 fully saturated rings. The van der Waals surface area contributed by atoms with Crippen molar-refractivity contribution in [3.05, 3.63) is 33.8 Å². The highest BCUT2D eigenvalue weighted by atomic mass is 79.9. The summed E-state index contributed by atoms with van der Waals surface area (Å²) in [4.78, 5) is 25.2. The van der Waals surface area contributed by atoms with E-state index in [-0.39, 0.29) is 30.9 Å². The molecule has 1 unspecified atom stereocenters. The summed E-state index contributed by atoms with van der Waals surface area (Å²) in [5.74, 6) is -0.676. The smallest absolute Gasteiger partial charge is 0.261 e. The quantitative estimate of drug-likeness (QED) is 0.864. The minimum absolute atomic E-state index is 0.0445. The molecule has 0 aromatic heterocycles. The molecule has 0 bridgehead atoms. The summed E-state index contributed by atoms with van der Waals surface area (Å²) < 4.78 is 0.773. The van der Waals surface area contributed by atoms with Crippen LogP contribution >= 0.6 is 15.9 Å². The SMILES string of the molecule is CC(CO)CN1C(=O)c2ccc(Br)cc2C1=O. The Bertz CT molecular complexity index is 487. The van der Waals surface area contributed by atoms with E-state index in [9.17, 15) is 9.59 Å². The van der Waals surface area contributed by atoms with Crippen LogP contribution in [0.25, 0.3) is 0 Å². The predicted octanol–water partition coefficient (Wildman–Crippen LogP) is 1.67. The zero-order valence-electron chi connectivity index (χ0n) is 9.31. The van der Waals surface area contributed by atoms with Crippen molar-refractivity contribution in [3.63, 3.8) is 0 Å². The summed E-state index contributed by atoms with van der Waals surface area (Å²) in [6, 6.07) is 5.03. The van der Waals surface area contributed by atoms with Crippen LogP contribution in [0.15, 0.2) is 22.7 Å². The molecule has 1 aliphatic heterocycles. The summed E-state index contributed by atoms with van der Waals surface area (Å²) >= 11 is 3.27. The van der Waals surface area contributed by atoms with Crippen molar-refractivity contribution in [2.75, 3.05) is 13.2 Å². The van der Waals surface area contributed by atoms with E-state index in [1.54, 1.807) is 25.1 Å². The van der Waals surface area contributed by atoms with Crippen molar-refractivity contribution in [1.29, 1.82) is 0 Å². The van der Waals surface area contributed by atoms with Gasteiger partial charge in [0.1, 0.15) is 0 Å². The summed E-state index contributed by atoms with van der Waals surface area (Å²) in [6.07, 6.45) is 0. The van der Waals surface area contributed by atoms with Gasteiger partial charge in [-0.25, -0.2) is 0 Å². The molecule has 0 aliphatic carbocycles. The maximum atomic E-state index is 12.0. The molecule has 5 heteroatoms. The normalized spacial score (nSPS) is 16.3. The lowest BCUT2D eigenvalue weighted by Crippen LogP contribution is -2.34. The van der Waals surface area contributed by atoms with Crippen molar-refractivity contribution in [3.8, 4) is 0 Å². The molecule has 1 aliphatic rings. The van der Waals surface area contributed by atoms with E-state index >= 15 is 0 Å². The highest BCUT2D eigenvalue weighted by molar-refractivity contribution is 9.10. The fourth-order valence-corrected chi connectivity index (χ4v) is 2.16. The average Bonchev–Trinajstić information content (AvgIpc) is 2.54. The Labute approximate surface area is 107 Å². The number of aliphatic hydroxyl groups is 1. The van der Waals surface area contributed by atoms with E-state index in [1.807, 2.05) is 0 Å². The number of carbonyl (C=O) groups excluding carboxylic acids is 2. The molecule has 17 heavy (non-hydrogen) atoms. The van der Waals surface area contributed by atoms with E-state index in [4.69, 9.17) is 5.11 Å². The van der Waals surface area contributed by atoms with Crippen LogP contribution in [0, 0.1) is 5.92 Å². The van der Waals surface area contributed by atoms with Gasteiger partial charge in [-0.3, -0.25) is 14.5 Å². The second-order valence-corrected chi connectivity index (χ2v) is 5.11. The summed E-state index contributed by atoms with van der Waals surface area (Å²) in [5, 5.41) is 8.97. The Kier molecular flexibility index (Phi) is 3.31. The molecule has 1 aromatic rings. The van der Waals surface area contributed by atoms with Crippen LogP contribution < -0.4 is 0 Å². The monoisotopic (exact) mass is 297 g/mol. The molecular weight excluding hydrogens is 286 g/mol. The molecule has 1 aromatic carbocycles. The van der Waals surface area contributed by atoms with E-state index in [2.05, 4.69) is 15.9 Å². The van der Waals surface area contributed by atoms with Crippen LogP contribution in [0.2, 0.25) is 0 Å². The third kappa shape index (κ3) is 2.12. The van der Waals surface area contributed by atoms with E-state index in [0.717, 1.165) is 4.47 Å². The molecule has 0 radical (unpaired) electrons. The molecule has 1 N–H and O–H groups in total. The van der Waals surface area contributed by atoms with Crippen molar-refractivity contribution in [1.82, 2.24) is 4.90 Å². The van der Waals surface area contributed by atoms with Gasteiger partial charge in [-0.2, -0.15) is 0 Å². The first-order valence-electron chi connectivity index (χ1n) is 5.31. The van der Waals surface area contributed by atoms with Crippen molar-refractivity contribution in [2.45, 2.75) is 6.92 Å². The molecule has 2 rings (SSSR count). The van der Waals surface area contributed by atoms with Crippen LogP contribution in [-0.2, 0) is 0 Å². The number of hydrogen-bond acceptors (Lipinski definition) is 3. The van der Waals surface area contributed by atoms with Gasteiger partial charge in [0.25, 0.3) is 11.8 Å². The van der Waals surface area contributed by atoms with E-state index in [0.29, 0.717) is 11.1 Å². The molecule has 4 nitrogen and oxygen atoms in total. The summed E-state index contributed by atoms with van der Waals surface area (Å²) in [6.45, 7) is 2.00. The van der Waals surface area contributed by atoms with Crippen LogP contribution in [0.1, 0.15) is 27.6 Å². The highest BCUT2D eigenvalue weighted by Gasteiger charge is 2.35. The molecule has 0 spiro atoms. The minimum Gasteiger partial charge on any atom is -0.396 e. The van der Waals surface area contributed by atoms with Crippen LogP contribution in [0.3, 0.4) is 0 Å². The van der Waals surface area contributed by atoms with Gasteiger partial charge in [-0.1, -0.05) is 22.9 Å². The Morgan fingerprint density at radius 2 is 1.94 bits per heavy atom. The second kappa shape index (κ2) is 4.58. The number of benzene rings is 1. The largest absolute Gasteiger partial charge is 0.396 e. The third-order valence-corrected chi connectivity index (χ3v) is 3.23. The average molecular weight is 298 g/mol. The molecule has 0 saturated heterocycles. The van der Waals surface area contributed by atoms with Gasteiger partial charge in [0.05, 0.1) is 11.1 Å². The third-order valence-electron chi connectivity index (χ3n) is 2.74. The lowest BCUT2D eigenvalue weighted by Gasteiger charge is -2.17. The lowest BCUT2D eigenvalue weighted by molar-refractivity contribution is 0.0614. The van der Waals surface area contributed by atoms with Crippen molar-refractivity contribution < 1.29 is 14.7 Å². The number of rotatable bonds is 3. The number of amides is 2. The second-order valence-electron chi connectivity index (χ2n) is 4.20. The van der Waals surface area contributed by atoms with Gasteiger partial charge >= 0.3 is 0 Å². The lowest BCUT2D eigenvalue weighted by atomic mass is 10.1. The summed E-state index contributed by atoms with van der Waals surface area (Å²) in [5.41, 5.74) is 0.859. The first-order valence-corrected chi connectivity index (χ1v) is 6.10. The molecule has 2 amide bonds. The Morgan fingerprint density at radius 1 is 1.29 bits per heavy atom. The number of fused-ring (bicyclic) bond motifs is 1. The fourth-order valence-electron chi connectivity index (χ4n) is 1.80. The van der Waals surface area contributed by atoms with Gasteiger partial charge < -0.3 is 5.11 Å². The summed E-state index contributed by atoms with van der Waals surface area (Å²) in [7, 11) is 0. The van der Waals surface area contributed by atoms with Crippen LogP contribution in [0.4, 0.5) is 0 Å². The fraction of sp³-hybridized carbons (Fsp3) is 0.333. The maximum Gasteiger partial charge on any atom is 0.261 e. The van der Waals surface area contributed by atoms with E-state index in [1.165, 1.54) is 4.90 Å². The number of carbonyl (C=O) groups is 2. The predicted molar refractivity (Wildman–Crippen MR) is 65.8 cm³/mol. The Hall–Kier alpha value is -1.20.